The Labute approximate surface area is 144 Å². The first-order chi connectivity index (χ1) is 11.6. The first kappa shape index (κ1) is 16.6. The molecule has 3 rings (SSSR count). The Morgan fingerprint density at radius 2 is 2.25 bits per heavy atom. The lowest BCUT2D eigenvalue weighted by atomic mass is 10.1. The van der Waals surface area contributed by atoms with Crippen LogP contribution in [0.4, 0.5) is 5.82 Å². The number of nitrogens with zero attached hydrogens (tertiary/aromatic N) is 1. The maximum absolute atomic E-state index is 12.3. The Hall–Kier alpha value is -2.25. The lowest BCUT2D eigenvalue weighted by Gasteiger charge is -2.14. The lowest BCUT2D eigenvalue weighted by Crippen LogP contribution is -2.17. The molecule has 0 spiro atoms. The van der Waals surface area contributed by atoms with Crippen LogP contribution < -0.4 is 14.8 Å². The molecule has 0 bridgehead atoms. The van der Waals surface area contributed by atoms with E-state index in [9.17, 15) is 4.79 Å². The Bertz CT molecular complexity index is 760. The number of halogens is 1. The minimum Gasteiger partial charge on any atom is -0.493 e. The summed E-state index contributed by atoms with van der Waals surface area (Å²) in [5, 5.41) is 10.2. The highest BCUT2D eigenvalue weighted by molar-refractivity contribution is 6.33. The Kier molecular flexibility index (Phi) is 4.92. The number of benzene rings is 1. The smallest absolute Gasteiger partial charge is 0.230 e. The van der Waals surface area contributed by atoms with Gasteiger partial charge in [-0.05, 0) is 11.6 Å². The molecule has 2 heterocycles. The van der Waals surface area contributed by atoms with Crippen molar-refractivity contribution >= 4 is 23.3 Å². The SMILES string of the molecule is COc1ccc(CC(=O)Nc2n[nH]c3c2COCC3)c(Cl)c1OC. The molecule has 0 saturated carbocycles. The summed E-state index contributed by atoms with van der Waals surface area (Å²) in [4.78, 5) is 12.3. The number of aromatic amines is 1. The van der Waals surface area contributed by atoms with Crippen LogP contribution in [-0.4, -0.2) is 36.9 Å². The van der Waals surface area contributed by atoms with Crippen molar-refractivity contribution in [3.8, 4) is 11.5 Å². The number of carbonyl (C=O) groups excluding carboxylic acids is 1. The molecule has 128 valence electrons. The maximum atomic E-state index is 12.3. The average molecular weight is 352 g/mol. The highest BCUT2D eigenvalue weighted by Gasteiger charge is 2.20. The number of amides is 1. The number of anilines is 1. The van der Waals surface area contributed by atoms with Gasteiger partial charge in [-0.25, -0.2) is 0 Å². The quantitative estimate of drug-likeness (QED) is 0.863. The van der Waals surface area contributed by atoms with Crippen molar-refractivity contribution in [1.29, 1.82) is 0 Å². The van der Waals surface area contributed by atoms with E-state index >= 15 is 0 Å². The van der Waals surface area contributed by atoms with Crippen molar-refractivity contribution in [1.82, 2.24) is 10.2 Å². The van der Waals surface area contributed by atoms with E-state index in [4.69, 9.17) is 25.8 Å². The van der Waals surface area contributed by atoms with Gasteiger partial charge in [0.25, 0.3) is 0 Å². The van der Waals surface area contributed by atoms with Gasteiger partial charge in [0, 0.05) is 17.7 Å². The fraction of sp³-hybridized carbons (Fsp3) is 0.375. The zero-order valence-corrected chi connectivity index (χ0v) is 14.2. The topological polar surface area (TPSA) is 85.5 Å². The molecule has 0 fully saturated rings. The molecule has 0 radical (unpaired) electrons. The number of methoxy groups -OCH3 is 2. The van der Waals surface area contributed by atoms with Crippen molar-refractivity contribution in [3.63, 3.8) is 0 Å². The molecule has 24 heavy (non-hydrogen) atoms. The molecular weight excluding hydrogens is 334 g/mol. The summed E-state index contributed by atoms with van der Waals surface area (Å²) in [7, 11) is 3.03. The summed E-state index contributed by atoms with van der Waals surface area (Å²) in [6, 6.07) is 3.46. The van der Waals surface area contributed by atoms with Crippen LogP contribution in [0.2, 0.25) is 5.02 Å². The molecule has 0 aliphatic carbocycles. The number of fused-ring (bicyclic) bond motifs is 1. The van der Waals surface area contributed by atoms with Crippen LogP contribution in [0.5, 0.6) is 11.5 Å². The van der Waals surface area contributed by atoms with Crippen LogP contribution >= 0.6 is 11.6 Å². The zero-order valence-electron chi connectivity index (χ0n) is 13.4. The molecule has 1 aliphatic heterocycles. The Morgan fingerprint density at radius 3 is 3.00 bits per heavy atom. The molecule has 1 aromatic carbocycles. The second kappa shape index (κ2) is 7.11. The number of rotatable bonds is 5. The summed E-state index contributed by atoms with van der Waals surface area (Å²) in [6.45, 7) is 1.10. The molecule has 8 heteroatoms. The van der Waals surface area contributed by atoms with Crippen molar-refractivity contribution in [2.24, 2.45) is 0 Å². The number of aromatic nitrogens is 2. The Morgan fingerprint density at radius 1 is 1.42 bits per heavy atom. The number of ether oxygens (including phenoxy) is 3. The van der Waals surface area contributed by atoms with Gasteiger partial charge in [0.05, 0.1) is 38.9 Å². The minimum atomic E-state index is -0.219. The van der Waals surface area contributed by atoms with E-state index in [1.807, 2.05) is 0 Å². The molecule has 0 saturated heterocycles. The number of carbonyl (C=O) groups is 1. The van der Waals surface area contributed by atoms with Gasteiger partial charge in [-0.2, -0.15) is 5.10 Å². The molecule has 0 atom stereocenters. The fourth-order valence-corrected chi connectivity index (χ4v) is 2.93. The van der Waals surface area contributed by atoms with Gasteiger partial charge in [0.1, 0.15) is 0 Å². The second-order valence-electron chi connectivity index (χ2n) is 5.33. The summed E-state index contributed by atoms with van der Waals surface area (Å²) < 4.78 is 15.8. The van der Waals surface area contributed by atoms with E-state index in [2.05, 4.69) is 15.5 Å². The van der Waals surface area contributed by atoms with Gasteiger partial charge in [-0.3, -0.25) is 9.89 Å². The molecule has 1 aliphatic rings. The first-order valence-corrected chi connectivity index (χ1v) is 7.85. The summed E-state index contributed by atoms with van der Waals surface area (Å²) in [5.74, 6) is 1.22. The summed E-state index contributed by atoms with van der Waals surface area (Å²) in [5.41, 5.74) is 2.54. The number of nitrogens with one attached hydrogen (secondary N) is 2. The highest BCUT2D eigenvalue weighted by atomic mass is 35.5. The third kappa shape index (κ3) is 3.18. The van der Waals surface area contributed by atoms with E-state index in [-0.39, 0.29) is 12.3 Å². The van der Waals surface area contributed by atoms with E-state index in [1.54, 1.807) is 12.1 Å². The van der Waals surface area contributed by atoms with E-state index in [0.717, 1.165) is 17.7 Å². The average Bonchev–Trinajstić information content (AvgIpc) is 2.99. The standard InChI is InChI=1S/C16H18ClN3O4/c1-22-12-4-3-9(14(17)15(12)23-2)7-13(21)18-16-10-8-24-6-5-11(10)19-20-16/h3-4H,5-8H2,1-2H3,(H2,18,19,20,21). The molecule has 2 aromatic rings. The van der Waals surface area contributed by atoms with E-state index < -0.39 is 0 Å². The van der Waals surface area contributed by atoms with E-state index in [0.29, 0.717) is 41.1 Å². The first-order valence-electron chi connectivity index (χ1n) is 7.47. The van der Waals surface area contributed by atoms with Crippen molar-refractivity contribution in [2.75, 3.05) is 26.1 Å². The maximum Gasteiger partial charge on any atom is 0.230 e. The normalized spacial score (nSPS) is 13.3. The second-order valence-corrected chi connectivity index (χ2v) is 5.71. The Balaban J connectivity index is 1.75. The van der Waals surface area contributed by atoms with Gasteiger partial charge in [0.2, 0.25) is 5.91 Å². The number of hydrogen-bond donors (Lipinski definition) is 2. The predicted molar refractivity (Wildman–Crippen MR) is 88.8 cm³/mol. The molecule has 7 nitrogen and oxygen atoms in total. The summed E-state index contributed by atoms with van der Waals surface area (Å²) in [6.07, 6.45) is 0.862. The lowest BCUT2D eigenvalue weighted by molar-refractivity contribution is -0.115. The number of H-pyrrole nitrogens is 1. The van der Waals surface area contributed by atoms with Crippen LogP contribution in [0.3, 0.4) is 0 Å². The van der Waals surface area contributed by atoms with Gasteiger partial charge >= 0.3 is 0 Å². The van der Waals surface area contributed by atoms with E-state index in [1.165, 1.54) is 14.2 Å². The molecular formula is C16H18ClN3O4. The van der Waals surface area contributed by atoms with Crippen LogP contribution in [0.15, 0.2) is 12.1 Å². The molecule has 1 aromatic heterocycles. The van der Waals surface area contributed by atoms with Crippen LogP contribution in [0.1, 0.15) is 16.8 Å². The fourth-order valence-electron chi connectivity index (χ4n) is 2.63. The van der Waals surface area contributed by atoms with Crippen LogP contribution in [0, 0.1) is 0 Å². The number of hydrogen-bond acceptors (Lipinski definition) is 5. The van der Waals surface area contributed by atoms with Crippen LogP contribution in [0.25, 0.3) is 0 Å². The van der Waals surface area contributed by atoms with Crippen molar-refractivity contribution in [3.05, 3.63) is 34.0 Å². The third-order valence-electron chi connectivity index (χ3n) is 3.87. The monoisotopic (exact) mass is 351 g/mol. The minimum absolute atomic E-state index is 0.0989. The molecule has 0 unspecified atom stereocenters. The summed E-state index contributed by atoms with van der Waals surface area (Å²) >= 11 is 6.31. The van der Waals surface area contributed by atoms with Crippen molar-refractivity contribution in [2.45, 2.75) is 19.4 Å². The van der Waals surface area contributed by atoms with Gasteiger partial charge < -0.3 is 19.5 Å². The van der Waals surface area contributed by atoms with Gasteiger partial charge in [0.15, 0.2) is 17.3 Å². The predicted octanol–water partition coefficient (Wildman–Crippen LogP) is 2.33. The van der Waals surface area contributed by atoms with Crippen molar-refractivity contribution < 1.29 is 19.0 Å². The highest BCUT2D eigenvalue weighted by Crippen LogP contribution is 2.37. The third-order valence-corrected chi connectivity index (χ3v) is 4.28. The largest absolute Gasteiger partial charge is 0.493 e. The van der Waals surface area contributed by atoms with Gasteiger partial charge in [-0.1, -0.05) is 17.7 Å². The molecule has 1 amide bonds. The van der Waals surface area contributed by atoms with Gasteiger partial charge in [-0.15, -0.1) is 0 Å². The van der Waals surface area contributed by atoms with Crippen LogP contribution in [-0.2, 0) is 29.0 Å². The zero-order chi connectivity index (χ0) is 17.1. The molecule has 2 N–H and O–H groups in total.